The zero-order valence-electron chi connectivity index (χ0n) is 15.7. The van der Waals surface area contributed by atoms with Crippen molar-refractivity contribution in [2.75, 3.05) is 0 Å². The first-order chi connectivity index (χ1) is 13.2. The van der Waals surface area contributed by atoms with Crippen molar-refractivity contribution >= 4 is 12.1 Å². The minimum atomic E-state index is -4.43. The standard InChI is InChI=1S/C22H21F3N2O/c1-13-4-5-14(2)20(10-13)16-6-9-19-17(11-16)12-26-27(18-7-8-18)21(19)28-15(3)22(23,24)25/h1,4-6,9-12,15,18,26H,7-8H2,2-3H3/t15-/m1/s1. The number of rotatable bonds is 4. The van der Waals surface area contributed by atoms with Crippen LogP contribution in [-0.4, -0.2) is 23.3 Å². The van der Waals surface area contributed by atoms with Gasteiger partial charge in [-0.2, -0.15) is 13.2 Å². The summed E-state index contributed by atoms with van der Waals surface area (Å²) in [5.74, 6) is 0.223. The van der Waals surface area contributed by atoms with Crippen molar-refractivity contribution in [2.45, 2.75) is 45.0 Å². The molecule has 2 aromatic rings. The summed E-state index contributed by atoms with van der Waals surface area (Å²) in [6.07, 6.45) is -2.67. The maximum atomic E-state index is 13.1. The zero-order chi connectivity index (χ0) is 20.1. The predicted octanol–water partition coefficient (Wildman–Crippen LogP) is 3.47. The first kappa shape index (κ1) is 18.7. The average molecular weight is 386 g/mol. The van der Waals surface area contributed by atoms with Gasteiger partial charge < -0.3 is 10.2 Å². The van der Waals surface area contributed by atoms with E-state index in [0.29, 0.717) is 10.8 Å². The highest BCUT2D eigenvalue weighted by Gasteiger charge is 2.41. The van der Waals surface area contributed by atoms with Gasteiger partial charge in [-0.15, -0.1) is 0 Å². The lowest BCUT2D eigenvalue weighted by atomic mass is 9.97. The van der Waals surface area contributed by atoms with Crippen molar-refractivity contribution < 1.29 is 17.9 Å². The van der Waals surface area contributed by atoms with E-state index in [4.69, 9.17) is 11.7 Å². The quantitative estimate of drug-likeness (QED) is 0.871. The van der Waals surface area contributed by atoms with E-state index in [2.05, 4.69) is 5.43 Å². The van der Waals surface area contributed by atoms with Gasteiger partial charge in [0.2, 0.25) is 5.88 Å². The van der Waals surface area contributed by atoms with Crippen LogP contribution in [0, 0.1) is 13.8 Å². The third kappa shape index (κ3) is 3.55. The average Bonchev–Trinajstić information content (AvgIpc) is 3.47. The number of nitrogens with zero attached hydrogens (tertiary/aromatic N) is 1. The minimum absolute atomic E-state index is 0.149. The molecule has 1 aliphatic heterocycles. The molecule has 3 nitrogen and oxygen atoms in total. The SMILES string of the molecule is [CH]c1ccc(C)c(-c2ccc3c(c2)=CNN(C2CC2)C=3O[C@H](C)C(F)(F)F)c1. The number of hydrogen-bond acceptors (Lipinski definition) is 3. The Labute approximate surface area is 162 Å². The van der Waals surface area contributed by atoms with Crippen LogP contribution in [0.25, 0.3) is 23.2 Å². The first-order valence-corrected chi connectivity index (χ1v) is 9.24. The van der Waals surface area contributed by atoms with Gasteiger partial charge in [-0.3, -0.25) is 5.01 Å². The fraction of sp³-hybridized carbons (Fsp3) is 0.318. The molecule has 0 saturated heterocycles. The van der Waals surface area contributed by atoms with Gasteiger partial charge >= 0.3 is 6.18 Å². The zero-order valence-corrected chi connectivity index (χ0v) is 15.7. The molecule has 6 heteroatoms. The van der Waals surface area contributed by atoms with E-state index in [1.165, 1.54) is 0 Å². The summed E-state index contributed by atoms with van der Waals surface area (Å²) in [6, 6.07) is 11.5. The largest absolute Gasteiger partial charge is 0.465 e. The second-order valence-electron chi connectivity index (χ2n) is 7.36. The molecule has 0 bridgehead atoms. The lowest BCUT2D eigenvalue weighted by molar-refractivity contribution is -0.200. The van der Waals surface area contributed by atoms with Crippen LogP contribution >= 0.6 is 0 Å². The van der Waals surface area contributed by atoms with Crippen molar-refractivity contribution in [2.24, 2.45) is 0 Å². The Hall–Kier alpha value is -2.63. The molecular formula is C22H21F3N2O. The summed E-state index contributed by atoms with van der Waals surface area (Å²) in [4.78, 5) is 0. The highest BCUT2D eigenvalue weighted by molar-refractivity contribution is 5.69. The normalized spacial score (nSPS) is 17.5. The van der Waals surface area contributed by atoms with Crippen LogP contribution in [0.5, 0.6) is 0 Å². The molecule has 4 rings (SSSR count). The molecule has 2 radical (unpaired) electrons. The van der Waals surface area contributed by atoms with E-state index in [1.807, 2.05) is 49.5 Å². The number of halogens is 3. The predicted molar refractivity (Wildman–Crippen MR) is 102 cm³/mol. The fourth-order valence-corrected chi connectivity index (χ4v) is 3.28. The van der Waals surface area contributed by atoms with E-state index >= 15 is 0 Å². The summed E-state index contributed by atoms with van der Waals surface area (Å²) in [5.41, 5.74) is 6.78. The van der Waals surface area contributed by atoms with Crippen LogP contribution in [0.3, 0.4) is 0 Å². The number of aryl methyl sites for hydroxylation is 1. The van der Waals surface area contributed by atoms with Gasteiger partial charge in [0, 0.05) is 16.6 Å². The summed E-state index contributed by atoms with van der Waals surface area (Å²) >= 11 is 0. The summed E-state index contributed by atoms with van der Waals surface area (Å²) in [5, 5.41) is 3.13. The molecule has 0 spiro atoms. The molecule has 0 aromatic heterocycles. The van der Waals surface area contributed by atoms with Crippen LogP contribution in [-0.2, 0) is 4.74 Å². The van der Waals surface area contributed by atoms with Crippen LogP contribution in [0.15, 0.2) is 36.4 Å². The molecule has 1 fully saturated rings. The Morgan fingerprint density at radius 1 is 1.18 bits per heavy atom. The molecule has 1 atom stereocenters. The lowest BCUT2D eigenvalue weighted by Gasteiger charge is -2.31. The minimum Gasteiger partial charge on any atom is -0.465 e. The van der Waals surface area contributed by atoms with Gasteiger partial charge in [-0.05, 0) is 68.0 Å². The van der Waals surface area contributed by atoms with Crippen molar-refractivity contribution in [1.82, 2.24) is 10.4 Å². The molecule has 0 unspecified atom stereocenters. The third-order valence-corrected chi connectivity index (χ3v) is 5.09. The Bertz CT molecular complexity index is 1030. The van der Waals surface area contributed by atoms with Crippen molar-refractivity contribution in [1.29, 1.82) is 0 Å². The van der Waals surface area contributed by atoms with Crippen LogP contribution in [0.4, 0.5) is 13.2 Å². The van der Waals surface area contributed by atoms with Crippen molar-refractivity contribution in [3.8, 4) is 11.1 Å². The Morgan fingerprint density at radius 2 is 1.93 bits per heavy atom. The van der Waals surface area contributed by atoms with Gasteiger partial charge in [-0.25, -0.2) is 0 Å². The second-order valence-corrected chi connectivity index (χ2v) is 7.36. The highest BCUT2D eigenvalue weighted by atomic mass is 19.4. The molecule has 146 valence electrons. The van der Waals surface area contributed by atoms with E-state index in [9.17, 15) is 13.2 Å². The number of hydrogen-bond donors (Lipinski definition) is 1. The Kier molecular flexibility index (Phi) is 4.52. The van der Waals surface area contributed by atoms with E-state index in [0.717, 1.165) is 41.7 Å². The van der Waals surface area contributed by atoms with Gasteiger partial charge in [-0.1, -0.05) is 24.3 Å². The second kappa shape index (κ2) is 6.76. The van der Waals surface area contributed by atoms with Gasteiger partial charge in [0.25, 0.3) is 0 Å². The van der Waals surface area contributed by atoms with Gasteiger partial charge in [0.15, 0.2) is 6.10 Å². The summed E-state index contributed by atoms with van der Waals surface area (Å²) in [6.45, 7) is 8.95. The lowest BCUT2D eigenvalue weighted by Crippen LogP contribution is -2.49. The first-order valence-electron chi connectivity index (χ1n) is 9.24. The molecule has 1 N–H and O–H groups in total. The highest BCUT2D eigenvalue weighted by Crippen LogP contribution is 2.32. The molecule has 2 aromatic carbocycles. The molecule has 1 heterocycles. The molecule has 1 saturated carbocycles. The van der Waals surface area contributed by atoms with E-state index < -0.39 is 12.3 Å². The fourth-order valence-electron chi connectivity index (χ4n) is 3.28. The maximum absolute atomic E-state index is 13.1. The van der Waals surface area contributed by atoms with Gasteiger partial charge in [0.1, 0.15) is 0 Å². The summed E-state index contributed by atoms with van der Waals surface area (Å²) < 4.78 is 44.7. The van der Waals surface area contributed by atoms with Crippen molar-refractivity contribution in [3.63, 3.8) is 0 Å². The van der Waals surface area contributed by atoms with Crippen LogP contribution < -0.4 is 15.9 Å². The van der Waals surface area contributed by atoms with Gasteiger partial charge in [0.05, 0.1) is 6.04 Å². The number of ether oxygens (including phenoxy) is 1. The Morgan fingerprint density at radius 3 is 2.61 bits per heavy atom. The van der Waals surface area contributed by atoms with Crippen LogP contribution in [0.1, 0.15) is 30.9 Å². The maximum Gasteiger partial charge on any atom is 0.425 e. The van der Waals surface area contributed by atoms with E-state index in [1.54, 1.807) is 5.01 Å². The summed E-state index contributed by atoms with van der Waals surface area (Å²) in [7, 11) is 0. The third-order valence-electron chi connectivity index (χ3n) is 5.09. The van der Waals surface area contributed by atoms with Crippen LogP contribution in [0.2, 0.25) is 0 Å². The molecule has 1 aliphatic carbocycles. The number of nitrogens with one attached hydrogen (secondary N) is 1. The smallest absolute Gasteiger partial charge is 0.425 e. The topological polar surface area (TPSA) is 24.5 Å². The number of benzene rings is 2. The van der Waals surface area contributed by atoms with E-state index in [-0.39, 0.29) is 11.9 Å². The monoisotopic (exact) mass is 386 g/mol. The number of fused-ring (bicyclic) bond motifs is 1. The van der Waals surface area contributed by atoms with Crippen molar-refractivity contribution in [3.05, 3.63) is 64.9 Å². The molecule has 0 amide bonds. The number of hydrazine groups is 1. The molecule has 28 heavy (non-hydrogen) atoms. The molecule has 2 aliphatic rings. The Balaban J connectivity index is 1.82. The molecular weight excluding hydrogens is 365 g/mol. The number of alkyl halides is 3.